The summed E-state index contributed by atoms with van der Waals surface area (Å²) < 4.78 is 12.4. The molecule has 6 nitrogen and oxygen atoms in total. The Bertz CT molecular complexity index is 955. The highest BCUT2D eigenvalue weighted by Crippen LogP contribution is 2.21. The highest BCUT2D eigenvalue weighted by atomic mass is 16.6. The second kappa shape index (κ2) is 7.61. The van der Waals surface area contributed by atoms with Crippen molar-refractivity contribution in [3.05, 3.63) is 66.1 Å². The molecule has 0 bridgehead atoms. The van der Waals surface area contributed by atoms with Crippen molar-refractivity contribution in [3.8, 4) is 0 Å². The highest BCUT2D eigenvalue weighted by molar-refractivity contribution is 5.96. The maximum absolute atomic E-state index is 12.7. The number of carbonyl (C=O) groups excluding carboxylic acids is 2. The predicted octanol–water partition coefficient (Wildman–Crippen LogP) is 3.74. The molecule has 2 heterocycles. The van der Waals surface area contributed by atoms with Crippen LogP contribution in [0, 0.1) is 0 Å². The van der Waals surface area contributed by atoms with Crippen molar-refractivity contribution in [1.82, 2.24) is 9.55 Å². The number of esters is 2. The first-order chi connectivity index (χ1) is 12.8. The van der Waals surface area contributed by atoms with Gasteiger partial charge in [-0.3, -0.25) is 9.78 Å². The number of pyridine rings is 1. The molecule has 27 heavy (non-hydrogen) atoms. The van der Waals surface area contributed by atoms with Gasteiger partial charge in [0.25, 0.3) is 0 Å². The number of rotatable bonds is 5. The number of aromatic nitrogens is 2. The van der Waals surface area contributed by atoms with Gasteiger partial charge in [-0.2, -0.15) is 0 Å². The van der Waals surface area contributed by atoms with Crippen LogP contribution in [0.4, 0.5) is 0 Å². The van der Waals surface area contributed by atoms with E-state index >= 15 is 0 Å². The molecule has 0 N–H and O–H groups in total. The summed E-state index contributed by atoms with van der Waals surface area (Å²) in [7, 11) is 0. The summed E-state index contributed by atoms with van der Waals surface area (Å²) in [6.45, 7) is 5.49. The lowest BCUT2D eigenvalue weighted by Gasteiger charge is -2.20. The van der Waals surface area contributed by atoms with Gasteiger partial charge in [0, 0.05) is 17.8 Å². The SMILES string of the molecule is CC(C)(C)OC(=O)Cn1c(C(=O)OCc2ccccc2)cc2cnccc21. The highest BCUT2D eigenvalue weighted by Gasteiger charge is 2.22. The second-order valence-corrected chi connectivity index (χ2v) is 7.20. The van der Waals surface area contributed by atoms with E-state index in [0.717, 1.165) is 16.5 Å². The monoisotopic (exact) mass is 366 g/mol. The summed E-state index contributed by atoms with van der Waals surface area (Å²) in [5, 5.41) is 0.757. The van der Waals surface area contributed by atoms with Crippen LogP contribution >= 0.6 is 0 Å². The van der Waals surface area contributed by atoms with Gasteiger partial charge >= 0.3 is 11.9 Å². The van der Waals surface area contributed by atoms with Gasteiger partial charge in [0.1, 0.15) is 24.4 Å². The largest absolute Gasteiger partial charge is 0.459 e. The second-order valence-electron chi connectivity index (χ2n) is 7.20. The molecule has 3 rings (SSSR count). The van der Waals surface area contributed by atoms with Crippen molar-refractivity contribution in [3.63, 3.8) is 0 Å². The molecule has 1 aromatic carbocycles. The van der Waals surface area contributed by atoms with Crippen LogP contribution < -0.4 is 0 Å². The first kappa shape index (κ1) is 18.6. The standard InChI is InChI=1S/C21H22N2O4/c1-21(2,3)27-19(24)13-23-17-9-10-22-12-16(17)11-18(23)20(25)26-14-15-7-5-4-6-8-15/h4-12H,13-14H2,1-3H3. The molecule has 0 aliphatic carbocycles. The van der Waals surface area contributed by atoms with Gasteiger partial charge in [-0.1, -0.05) is 30.3 Å². The van der Waals surface area contributed by atoms with Gasteiger partial charge < -0.3 is 14.0 Å². The van der Waals surface area contributed by atoms with Crippen LogP contribution in [0.15, 0.2) is 54.9 Å². The predicted molar refractivity (Wildman–Crippen MR) is 101 cm³/mol. The van der Waals surface area contributed by atoms with Crippen LogP contribution in [0.2, 0.25) is 0 Å². The maximum atomic E-state index is 12.7. The number of benzene rings is 1. The lowest BCUT2D eigenvalue weighted by Crippen LogP contribution is -2.27. The number of hydrogen-bond donors (Lipinski definition) is 0. The Morgan fingerprint density at radius 3 is 2.56 bits per heavy atom. The Morgan fingerprint density at radius 1 is 1.11 bits per heavy atom. The molecule has 3 aromatic rings. The summed E-state index contributed by atoms with van der Waals surface area (Å²) in [5.41, 5.74) is 1.31. The lowest BCUT2D eigenvalue weighted by molar-refractivity contribution is -0.155. The minimum absolute atomic E-state index is 0.0828. The molecule has 0 aliphatic heterocycles. The molecule has 0 unspecified atom stereocenters. The van der Waals surface area contributed by atoms with E-state index in [-0.39, 0.29) is 13.2 Å². The summed E-state index contributed by atoms with van der Waals surface area (Å²) >= 11 is 0. The van der Waals surface area contributed by atoms with Gasteiger partial charge in [0.15, 0.2) is 0 Å². The van der Waals surface area contributed by atoms with E-state index in [4.69, 9.17) is 9.47 Å². The summed E-state index contributed by atoms with van der Waals surface area (Å²) in [5.74, 6) is -0.924. The van der Waals surface area contributed by atoms with Crippen molar-refractivity contribution in [2.45, 2.75) is 39.5 Å². The van der Waals surface area contributed by atoms with Gasteiger partial charge in [0.2, 0.25) is 0 Å². The van der Waals surface area contributed by atoms with Crippen LogP contribution in [-0.4, -0.2) is 27.1 Å². The van der Waals surface area contributed by atoms with E-state index in [9.17, 15) is 9.59 Å². The maximum Gasteiger partial charge on any atom is 0.355 e. The van der Waals surface area contributed by atoms with Crippen LogP contribution in [0.3, 0.4) is 0 Å². The Balaban J connectivity index is 1.85. The van der Waals surface area contributed by atoms with Gasteiger partial charge in [-0.15, -0.1) is 0 Å². The number of hydrogen-bond acceptors (Lipinski definition) is 5. The third-order valence-electron chi connectivity index (χ3n) is 3.83. The number of fused-ring (bicyclic) bond motifs is 1. The van der Waals surface area contributed by atoms with E-state index in [1.165, 1.54) is 0 Å². The normalized spacial score (nSPS) is 11.4. The number of nitrogens with zero attached hydrogens (tertiary/aromatic N) is 2. The fourth-order valence-corrected chi connectivity index (χ4v) is 2.75. The molecule has 0 aliphatic rings. The zero-order chi connectivity index (χ0) is 19.4. The molecule has 0 saturated heterocycles. The van der Waals surface area contributed by atoms with Crippen LogP contribution in [0.25, 0.3) is 10.9 Å². The lowest BCUT2D eigenvalue weighted by atomic mass is 10.2. The third kappa shape index (κ3) is 4.73. The molecule has 0 atom stereocenters. The van der Waals surface area contributed by atoms with E-state index in [2.05, 4.69) is 4.98 Å². The molecular weight excluding hydrogens is 344 g/mol. The molecule has 0 fully saturated rings. The minimum Gasteiger partial charge on any atom is -0.459 e. The van der Waals surface area contributed by atoms with E-state index in [0.29, 0.717) is 5.69 Å². The molecule has 0 saturated carbocycles. The molecular formula is C21H22N2O4. The van der Waals surface area contributed by atoms with Gasteiger partial charge in [-0.25, -0.2) is 4.79 Å². The van der Waals surface area contributed by atoms with Crippen molar-refractivity contribution in [2.24, 2.45) is 0 Å². The summed E-state index contributed by atoms with van der Waals surface area (Å²) in [4.78, 5) is 29.0. The first-order valence-electron chi connectivity index (χ1n) is 8.69. The Hall–Kier alpha value is -3.15. The fraction of sp³-hybridized carbons (Fsp3) is 0.286. The fourth-order valence-electron chi connectivity index (χ4n) is 2.75. The number of carbonyl (C=O) groups is 2. The average molecular weight is 366 g/mol. The molecule has 0 spiro atoms. The summed E-state index contributed by atoms with van der Waals surface area (Å²) in [6, 6.07) is 12.9. The van der Waals surface area contributed by atoms with Crippen LogP contribution in [0.5, 0.6) is 0 Å². The van der Waals surface area contributed by atoms with Gasteiger partial charge in [-0.05, 0) is 38.5 Å². The topological polar surface area (TPSA) is 70.4 Å². The van der Waals surface area contributed by atoms with Crippen molar-refractivity contribution >= 4 is 22.8 Å². The van der Waals surface area contributed by atoms with E-state index in [1.807, 2.05) is 30.3 Å². The zero-order valence-electron chi connectivity index (χ0n) is 15.6. The van der Waals surface area contributed by atoms with Crippen LogP contribution in [-0.2, 0) is 27.4 Å². The molecule has 6 heteroatoms. The Morgan fingerprint density at radius 2 is 1.85 bits per heavy atom. The third-order valence-corrected chi connectivity index (χ3v) is 3.83. The van der Waals surface area contributed by atoms with E-state index in [1.54, 1.807) is 49.9 Å². The zero-order valence-corrected chi connectivity index (χ0v) is 15.6. The molecule has 2 aromatic heterocycles. The van der Waals surface area contributed by atoms with Crippen molar-refractivity contribution in [2.75, 3.05) is 0 Å². The number of ether oxygens (including phenoxy) is 2. The Labute approximate surface area is 157 Å². The first-order valence-corrected chi connectivity index (χ1v) is 8.69. The average Bonchev–Trinajstić information content (AvgIpc) is 2.98. The summed E-state index contributed by atoms with van der Waals surface area (Å²) in [6.07, 6.45) is 3.27. The molecule has 0 radical (unpaired) electrons. The molecule has 140 valence electrons. The Kier molecular flexibility index (Phi) is 5.26. The van der Waals surface area contributed by atoms with Crippen molar-refractivity contribution in [1.29, 1.82) is 0 Å². The van der Waals surface area contributed by atoms with Gasteiger partial charge in [0.05, 0.1) is 5.52 Å². The minimum atomic E-state index is -0.602. The van der Waals surface area contributed by atoms with Crippen molar-refractivity contribution < 1.29 is 19.1 Å². The van der Waals surface area contributed by atoms with Crippen LogP contribution in [0.1, 0.15) is 36.8 Å². The van der Waals surface area contributed by atoms with E-state index < -0.39 is 17.5 Å². The molecule has 0 amide bonds. The smallest absolute Gasteiger partial charge is 0.355 e. The quantitative estimate of drug-likeness (QED) is 0.644.